The van der Waals surface area contributed by atoms with Crippen LogP contribution in [0, 0.1) is 13.8 Å². The predicted octanol–water partition coefficient (Wildman–Crippen LogP) is 6.78. The highest BCUT2D eigenvalue weighted by Crippen LogP contribution is 2.44. The Morgan fingerprint density at radius 2 is 1.69 bits per heavy atom. The van der Waals surface area contributed by atoms with Gasteiger partial charge in [0.25, 0.3) is 0 Å². The molecular formula is C32H29N5OS. The monoisotopic (exact) mass is 531 g/mol. The lowest BCUT2D eigenvalue weighted by molar-refractivity contribution is -0.114. The first kappa shape index (κ1) is 24.8. The maximum atomic E-state index is 11.6. The zero-order valence-corrected chi connectivity index (χ0v) is 22.9. The number of pyridine rings is 1. The van der Waals surface area contributed by atoms with Gasteiger partial charge in [-0.25, -0.2) is 0 Å². The molecule has 2 unspecified atom stereocenters. The molecule has 1 aliphatic heterocycles. The van der Waals surface area contributed by atoms with E-state index in [1.165, 1.54) is 23.3 Å². The fraction of sp³-hybridized carbons (Fsp3) is 0.156. The van der Waals surface area contributed by atoms with E-state index >= 15 is 0 Å². The Morgan fingerprint density at radius 1 is 0.949 bits per heavy atom. The van der Waals surface area contributed by atoms with Crippen LogP contribution in [0.1, 0.15) is 41.7 Å². The van der Waals surface area contributed by atoms with Gasteiger partial charge in [0.2, 0.25) is 5.91 Å². The number of rotatable bonds is 5. The molecule has 0 bridgehead atoms. The molecular weight excluding hydrogens is 502 g/mol. The molecule has 2 aromatic heterocycles. The Morgan fingerprint density at radius 3 is 2.44 bits per heavy atom. The van der Waals surface area contributed by atoms with Crippen molar-refractivity contribution in [1.29, 1.82) is 0 Å². The zero-order valence-electron chi connectivity index (χ0n) is 22.1. The molecule has 3 heterocycles. The van der Waals surface area contributed by atoms with Gasteiger partial charge >= 0.3 is 0 Å². The van der Waals surface area contributed by atoms with Gasteiger partial charge in [-0.15, -0.1) is 0 Å². The molecule has 5 aromatic rings. The Bertz CT molecular complexity index is 1690. The van der Waals surface area contributed by atoms with Crippen LogP contribution in [-0.2, 0) is 4.79 Å². The first-order valence-electron chi connectivity index (χ1n) is 13.0. The molecule has 3 aromatic carbocycles. The molecule has 7 heteroatoms. The van der Waals surface area contributed by atoms with Crippen LogP contribution >= 0.6 is 12.2 Å². The summed E-state index contributed by atoms with van der Waals surface area (Å²) in [7, 11) is 0. The number of nitrogens with zero attached hydrogens (tertiary/aromatic N) is 3. The third-order valence-corrected chi connectivity index (χ3v) is 7.67. The van der Waals surface area contributed by atoms with Gasteiger partial charge in [-0.05, 0) is 85.5 Å². The van der Waals surface area contributed by atoms with Gasteiger partial charge in [-0.2, -0.15) is 0 Å². The summed E-state index contributed by atoms with van der Waals surface area (Å²) < 4.78 is 2.34. The van der Waals surface area contributed by atoms with E-state index in [0.29, 0.717) is 5.11 Å². The number of fused-ring (bicyclic) bond motifs is 1. The molecule has 2 atom stereocenters. The van der Waals surface area contributed by atoms with E-state index in [9.17, 15) is 4.79 Å². The van der Waals surface area contributed by atoms with Gasteiger partial charge in [0.05, 0.1) is 23.5 Å². The Balaban J connectivity index is 1.50. The lowest BCUT2D eigenvalue weighted by Gasteiger charge is -2.28. The van der Waals surface area contributed by atoms with Gasteiger partial charge in [0.15, 0.2) is 5.11 Å². The van der Waals surface area contributed by atoms with E-state index in [-0.39, 0.29) is 18.0 Å². The zero-order chi connectivity index (χ0) is 27.1. The number of hydrogen-bond acceptors (Lipinski definition) is 3. The van der Waals surface area contributed by atoms with Crippen LogP contribution in [0.15, 0.2) is 97.2 Å². The first-order chi connectivity index (χ1) is 18.9. The topological polar surface area (TPSA) is 62.2 Å². The molecule has 6 nitrogen and oxygen atoms in total. The van der Waals surface area contributed by atoms with Gasteiger partial charge < -0.3 is 20.1 Å². The van der Waals surface area contributed by atoms with E-state index in [4.69, 9.17) is 17.2 Å². The van der Waals surface area contributed by atoms with Crippen LogP contribution in [0.5, 0.6) is 0 Å². The fourth-order valence-electron chi connectivity index (χ4n) is 5.72. The second-order valence-electron chi connectivity index (χ2n) is 9.88. The smallest absolute Gasteiger partial charge is 0.221 e. The van der Waals surface area contributed by atoms with E-state index in [0.717, 1.165) is 34.1 Å². The molecule has 1 aliphatic rings. The third-order valence-electron chi connectivity index (χ3n) is 7.36. The molecule has 0 saturated carbocycles. The Labute approximate surface area is 233 Å². The summed E-state index contributed by atoms with van der Waals surface area (Å²) in [5.41, 5.74) is 7.25. The van der Waals surface area contributed by atoms with Crippen LogP contribution in [-0.4, -0.2) is 20.6 Å². The number of aromatic nitrogens is 2. The number of anilines is 2. The van der Waals surface area contributed by atoms with E-state index in [1.54, 1.807) is 0 Å². The predicted molar refractivity (Wildman–Crippen MR) is 161 cm³/mol. The highest BCUT2D eigenvalue weighted by molar-refractivity contribution is 7.80. The number of thiocarbonyl (C=S) groups is 1. The first-order valence-corrected chi connectivity index (χ1v) is 13.4. The lowest BCUT2D eigenvalue weighted by atomic mass is 9.96. The fourth-order valence-corrected chi connectivity index (χ4v) is 6.06. The van der Waals surface area contributed by atoms with Crippen LogP contribution < -0.4 is 15.5 Å². The lowest BCUT2D eigenvalue weighted by Crippen LogP contribution is -2.29. The molecule has 1 fully saturated rings. The summed E-state index contributed by atoms with van der Waals surface area (Å²) in [6.45, 7) is 5.84. The number of aryl methyl sites for hydroxylation is 1. The molecule has 194 valence electrons. The van der Waals surface area contributed by atoms with Gasteiger partial charge in [-0.3, -0.25) is 9.78 Å². The normalized spacial score (nSPS) is 16.9. The summed E-state index contributed by atoms with van der Waals surface area (Å²) in [5, 5.41) is 9.45. The van der Waals surface area contributed by atoms with Crippen molar-refractivity contribution in [2.24, 2.45) is 0 Å². The number of amides is 1. The number of carbonyl (C=O) groups excluding carboxylic acids is 1. The van der Waals surface area contributed by atoms with Crippen LogP contribution in [0.3, 0.4) is 0 Å². The molecule has 0 aliphatic carbocycles. The average Bonchev–Trinajstić information content (AvgIpc) is 3.43. The van der Waals surface area contributed by atoms with Crippen LogP contribution in [0.4, 0.5) is 11.4 Å². The van der Waals surface area contributed by atoms with Crippen molar-refractivity contribution in [2.75, 3.05) is 10.2 Å². The summed E-state index contributed by atoms with van der Waals surface area (Å²) in [5.74, 6) is -0.102. The van der Waals surface area contributed by atoms with Gasteiger partial charge in [0.1, 0.15) is 0 Å². The Hall–Kier alpha value is -4.49. The van der Waals surface area contributed by atoms with Crippen LogP contribution in [0.2, 0.25) is 0 Å². The van der Waals surface area contributed by atoms with Gasteiger partial charge in [0, 0.05) is 41.3 Å². The number of hydrogen-bond donors (Lipinski definition) is 2. The molecule has 0 radical (unpaired) electrons. The minimum absolute atomic E-state index is 0.102. The number of nitrogens with one attached hydrogen (secondary N) is 2. The SMILES string of the molecule is CC(=O)Nc1ccc(N2C(=S)NC(c3ccccn3)C2c2cc(C)n(-c3cccc4ccccc34)c2C)cc1. The van der Waals surface area contributed by atoms with E-state index < -0.39 is 0 Å². The van der Waals surface area contributed by atoms with Crippen LogP contribution in [0.25, 0.3) is 16.5 Å². The molecule has 39 heavy (non-hydrogen) atoms. The molecule has 6 rings (SSSR count). The summed E-state index contributed by atoms with van der Waals surface area (Å²) in [6.07, 6.45) is 1.82. The highest BCUT2D eigenvalue weighted by atomic mass is 32.1. The number of carbonyl (C=O) groups is 1. The minimum Gasteiger partial charge on any atom is -0.351 e. The largest absolute Gasteiger partial charge is 0.351 e. The average molecular weight is 532 g/mol. The van der Waals surface area contributed by atoms with Crippen molar-refractivity contribution in [3.8, 4) is 5.69 Å². The van der Waals surface area contributed by atoms with Crippen molar-refractivity contribution in [1.82, 2.24) is 14.9 Å². The molecule has 1 saturated heterocycles. The number of benzene rings is 3. The van der Waals surface area contributed by atoms with E-state index in [1.807, 2.05) is 48.7 Å². The second-order valence-corrected chi connectivity index (χ2v) is 10.3. The second kappa shape index (κ2) is 10.0. The maximum absolute atomic E-state index is 11.6. The summed E-state index contributed by atoms with van der Waals surface area (Å²) in [4.78, 5) is 18.4. The summed E-state index contributed by atoms with van der Waals surface area (Å²) in [6, 6.07) is 30.7. The van der Waals surface area contributed by atoms with Crippen molar-refractivity contribution in [2.45, 2.75) is 32.9 Å². The van der Waals surface area contributed by atoms with Crippen molar-refractivity contribution in [3.63, 3.8) is 0 Å². The molecule has 1 amide bonds. The Kier molecular flexibility index (Phi) is 6.37. The van der Waals surface area contributed by atoms with E-state index in [2.05, 4.69) is 82.5 Å². The van der Waals surface area contributed by atoms with Gasteiger partial charge in [-0.1, -0.05) is 42.5 Å². The third kappa shape index (κ3) is 4.45. The molecule has 2 N–H and O–H groups in total. The quantitative estimate of drug-likeness (QED) is 0.245. The van der Waals surface area contributed by atoms with Crippen molar-refractivity contribution >= 4 is 45.4 Å². The standard InChI is InChI=1S/C32H29N5OS/c1-20-19-27(21(2)36(20)29-13-8-10-23-9-4-5-11-26(23)29)31-30(28-12-6-7-18-33-28)35-32(39)37(31)25-16-14-24(15-17-25)34-22(3)38/h4-19,30-31H,1-3H3,(H,34,38)(H,35,39). The minimum atomic E-state index is -0.143. The van der Waals surface area contributed by atoms with Crippen molar-refractivity contribution in [3.05, 3.63) is 120 Å². The highest BCUT2D eigenvalue weighted by Gasteiger charge is 2.42. The van der Waals surface area contributed by atoms with Crippen molar-refractivity contribution < 1.29 is 4.79 Å². The summed E-state index contributed by atoms with van der Waals surface area (Å²) >= 11 is 5.93. The maximum Gasteiger partial charge on any atom is 0.221 e. The molecule has 0 spiro atoms.